The van der Waals surface area contributed by atoms with Crippen molar-refractivity contribution in [2.45, 2.75) is 25.8 Å². The highest BCUT2D eigenvalue weighted by Crippen LogP contribution is 2.21. The highest BCUT2D eigenvalue weighted by molar-refractivity contribution is 6.16. The molecule has 1 aromatic carbocycles. The number of para-hydroxylation sites is 1. The van der Waals surface area contributed by atoms with Crippen molar-refractivity contribution in [2.75, 3.05) is 0 Å². The Bertz CT molecular complexity index is 719. The smallest absolute Gasteiger partial charge is 0.124 e. The van der Waals surface area contributed by atoms with E-state index in [2.05, 4.69) is 39.7 Å². The summed E-state index contributed by atoms with van der Waals surface area (Å²) in [7, 11) is 0. The second-order valence-corrected chi connectivity index (χ2v) is 5.13. The summed E-state index contributed by atoms with van der Waals surface area (Å²) in [6, 6.07) is 10.4. The zero-order valence-electron chi connectivity index (χ0n) is 11.4. The minimum atomic E-state index is 0.435. The molecule has 0 amide bonds. The second kappa shape index (κ2) is 5.63. The molecule has 0 atom stereocenters. The van der Waals surface area contributed by atoms with Crippen LogP contribution in [0.4, 0.5) is 0 Å². The highest BCUT2D eigenvalue weighted by Gasteiger charge is 2.11. The number of imidazole rings is 1. The number of halogens is 1. The number of fused-ring (bicyclic) bond motifs is 1. The first-order chi connectivity index (χ1) is 9.79. The van der Waals surface area contributed by atoms with Crippen LogP contribution in [0.1, 0.15) is 17.0 Å². The molecule has 0 unspecified atom stereocenters. The van der Waals surface area contributed by atoms with Crippen LogP contribution in [0.2, 0.25) is 0 Å². The molecule has 0 aliphatic heterocycles. The van der Waals surface area contributed by atoms with E-state index in [0.717, 1.165) is 29.8 Å². The predicted octanol–water partition coefficient (Wildman–Crippen LogP) is 3.72. The molecule has 3 rings (SSSR count). The van der Waals surface area contributed by atoms with Gasteiger partial charge < -0.3 is 4.57 Å². The molecule has 2 aromatic heterocycles. The van der Waals surface area contributed by atoms with E-state index in [1.54, 1.807) is 0 Å². The lowest BCUT2D eigenvalue weighted by Crippen LogP contribution is -2.05. The SMILES string of the molecule is Cc1cccc2c1nc(CCl)n2CCc1ccncc1. The van der Waals surface area contributed by atoms with Gasteiger partial charge in [-0.1, -0.05) is 12.1 Å². The van der Waals surface area contributed by atoms with E-state index in [-0.39, 0.29) is 0 Å². The molecule has 4 heteroatoms. The minimum absolute atomic E-state index is 0.435. The summed E-state index contributed by atoms with van der Waals surface area (Å²) >= 11 is 6.04. The molecule has 0 saturated carbocycles. The number of aromatic nitrogens is 3. The largest absolute Gasteiger partial charge is 0.327 e. The van der Waals surface area contributed by atoms with Crippen LogP contribution in [0.25, 0.3) is 11.0 Å². The number of nitrogens with zero attached hydrogens (tertiary/aromatic N) is 3. The Balaban J connectivity index is 1.96. The van der Waals surface area contributed by atoms with Gasteiger partial charge >= 0.3 is 0 Å². The molecule has 0 radical (unpaired) electrons. The molecule has 0 spiro atoms. The van der Waals surface area contributed by atoms with E-state index in [4.69, 9.17) is 11.6 Å². The Labute approximate surface area is 123 Å². The van der Waals surface area contributed by atoms with Gasteiger partial charge in [-0.05, 0) is 42.7 Å². The van der Waals surface area contributed by atoms with Gasteiger partial charge in [-0.25, -0.2) is 4.98 Å². The van der Waals surface area contributed by atoms with Crippen molar-refractivity contribution in [3.8, 4) is 0 Å². The molecular formula is C16H16ClN3. The Morgan fingerprint density at radius 1 is 1.15 bits per heavy atom. The Hall–Kier alpha value is -1.87. The molecule has 0 bridgehead atoms. The molecule has 2 heterocycles. The Kier molecular flexibility index (Phi) is 3.70. The molecule has 3 aromatic rings. The van der Waals surface area contributed by atoms with Crippen molar-refractivity contribution >= 4 is 22.6 Å². The standard InChI is InChI=1S/C16H16ClN3/c1-12-3-2-4-14-16(12)19-15(11-17)20(14)10-7-13-5-8-18-9-6-13/h2-6,8-9H,7,10-11H2,1H3. The number of alkyl halides is 1. The summed E-state index contributed by atoms with van der Waals surface area (Å²) in [5, 5.41) is 0. The van der Waals surface area contributed by atoms with E-state index in [1.165, 1.54) is 11.1 Å². The first-order valence-electron chi connectivity index (χ1n) is 6.69. The average Bonchev–Trinajstić information content (AvgIpc) is 2.85. The van der Waals surface area contributed by atoms with Gasteiger partial charge in [0, 0.05) is 18.9 Å². The number of aryl methyl sites for hydroxylation is 3. The highest BCUT2D eigenvalue weighted by atomic mass is 35.5. The van der Waals surface area contributed by atoms with Gasteiger partial charge in [0.05, 0.1) is 16.9 Å². The summed E-state index contributed by atoms with van der Waals surface area (Å²) in [5.74, 6) is 1.37. The van der Waals surface area contributed by atoms with Crippen molar-refractivity contribution in [3.05, 3.63) is 59.7 Å². The van der Waals surface area contributed by atoms with Crippen molar-refractivity contribution in [2.24, 2.45) is 0 Å². The van der Waals surface area contributed by atoms with Crippen molar-refractivity contribution in [3.63, 3.8) is 0 Å². The fourth-order valence-corrected chi connectivity index (χ4v) is 2.68. The zero-order valence-corrected chi connectivity index (χ0v) is 12.1. The number of benzene rings is 1. The van der Waals surface area contributed by atoms with E-state index >= 15 is 0 Å². The molecule has 3 nitrogen and oxygen atoms in total. The molecule has 0 fully saturated rings. The van der Waals surface area contributed by atoms with Crippen LogP contribution in [0.3, 0.4) is 0 Å². The lowest BCUT2D eigenvalue weighted by Gasteiger charge is -2.08. The number of hydrogen-bond donors (Lipinski definition) is 0. The van der Waals surface area contributed by atoms with Gasteiger partial charge in [-0.3, -0.25) is 4.98 Å². The van der Waals surface area contributed by atoms with Gasteiger partial charge in [-0.15, -0.1) is 11.6 Å². The van der Waals surface area contributed by atoms with E-state index in [9.17, 15) is 0 Å². The predicted molar refractivity (Wildman–Crippen MR) is 82.0 cm³/mol. The molecular weight excluding hydrogens is 270 g/mol. The first kappa shape index (κ1) is 13.1. The molecule has 0 aliphatic rings. The maximum Gasteiger partial charge on any atom is 0.124 e. The third-order valence-corrected chi connectivity index (χ3v) is 3.79. The van der Waals surface area contributed by atoms with Gasteiger partial charge in [0.25, 0.3) is 0 Å². The summed E-state index contributed by atoms with van der Waals surface area (Å²) in [4.78, 5) is 8.71. The first-order valence-corrected chi connectivity index (χ1v) is 7.22. The van der Waals surface area contributed by atoms with Crippen molar-refractivity contribution in [1.29, 1.82) is 0 Å². The third-order valence-electron chi connectivity index (χ3n) is 3.55. The van der Waals surface area contributed by atoms with Crippen LogP contribution < -0.4 is 0 Å². The second-order valence-electron chi connectivity index (χ2n) is 4.86. The lowest BCUT2D eigenvalue weighted by atomic mass is 10.2. The third kappa shape index (κ3) is 2.41. The summed E-state index contributed by atoms with van der Waals surface area (Å²) in [6.07, 6.45) is 4.60. The average molecular weight is 286 g/mol. The van der Waals surface area contributed by atoms with Crippen LogP contribution >= 0.6 is 11.6 Å². The monoisotopic (exact) mass is 285 g/mol. The van der Waals surface area contributed by atoms with E-state index in [1.807, 2.05) is 24.5 Å². The Morgan fingerprint density at radius 3 is 2.70 bits per heavy atom. The molecule has 20 heavy (non-hydrogen) atoms. The maximum absolute atomic E-state index is 6.04. The lowest BCUT2D eigenvalue weighted by molar-refractivity contribution is 0.687. The summed E-state index contributed by atoms with van der Waals surface area (Å²) < 4.78 is 2.22. The molecule has 102 valence electrons. The van der Waals surface area contributed by atoms with E-state index < -0.39 is 0 Å². The van der Waals surface area contributed by atoms with Crippen LogP contribution in [0.5, 0.6) is 0 Å². The maximum atomic E-state index is 6.04. The quantitative estimate of drug-likeness (QED) is 0.684. The van der Waals surface area contributed by atoms with Crippen LogP contribution in [0.15, 0.2) is 42.7 Å². The normalized spacial score (nSPS) is 11.1. The molecule has 0 N–H and O–H groups in total. The van der Waals surface area contributed by atoms with Crippen LogP contribution in [-0.4, -0.2) is 14.5 Å². The number of pyridine rings is 1. The molecule has 0 aliphatic carbocycles. The topological polar surface area (TPSA) is 30.7 Å². The Morgan fingerprint density at radius 2 is 1.95 bits per heavy atom. The minimum Gasteiger partial charge on any atom is -0.327 e. The van der Waals surface area contributed by atoms with Gasteiger partial charge in [0.15, 0.2) is 0 Å². The summed E-state index contributed by atoms with van der Waals surface area (Å²) in [6.45, 7) is 2.96. The van der Waals surface area contributed by atoms with Crippen molar-refractivity contribution in [1.82, 2.24) is 14.5 Å². The summed E-state index contributed by atoms with van der Waals surface area (Å²) in [5.41, 5.74) is 4.68. The number of hydrogen-bond acceptors (Lipinski definition) is 2. The van der Waals surface area contributed by atoms with Crippen LogP contribution in [0, 0.1) is 6.92 Å². The van der Waals surface area contributed by atoms with Crippen LogP contribution in [-0.2, 0) is 18.8 Å². The van der Waals surface area contributed by atoms with Gasteiger partial charge in [0.2, 0.25) is 0 Å². The van der Waals surface area contributed by atoms with Crippen molar-refractivity contribution < 1.29 is 0 Å². The number of rotatable bonds is 4. The van der Waals surface area contributed by atoms with E-state index in [0.29, 0.717) is 5.88 Å². The van der Waals surface area contributed by atoms with Gasteiger partial charge in [0.1, 0.15) is 5.82 Å². The zero-order chi connectivity index (χ0) is 13.9. The fraction of sp³-hybridized carbons (Fsp3) is 0.250. The fourth-order valence-electron chi connectivity index (χ4n) is 2.48. The molecule has 0 saturated heterocycles. The van der Waals surface area contributed by atoms with Gasteiger partial charge in [-0.2, -0.15) is 0 Å².